The van der Waals surface area contributed by atoms with E-state index in [9.17, 15) is 14.4 Å². The van der Waals surface area contributed by atoms with E-state index in [-0.39, 0.29) is 29.0 Å². The average Bonchev–Trinajstić information content (AvgIpc) is 2.48. The minimum absolute atomic E-state index is 0.131. The molecule has 0 heterocycles. The third-order valence-corrected chi connectivity index (χ3v) is 4.06. The molecule has 1 aliphatic carbocycles. The van der Waals surface area contributed by atoms with Crippen LogP contribution in [0.2, 0.25) is 0 Å². The summed E-state index contributed by atoms with van der Waals surface area (Å²) in [4.78, 5) is 37.6. The number of ketones is 2. The zero-order valence-corrected chi connectivity index (χ0v) is 14.2. The summed E-state index contributed by atoms with van der Waals surface area (Å²) in [5.41, 5.74) is 6.22. The highest BCUT2D eigenvalue weighted by Crippen LogP contribution is 2.33. The van der Waals surface area contributed by atoms with Crippen molar-refractivity contribution in [2.75, 3.05) is 6.54 Å². The van der Waals surface area contributed by atoms with E-state index in [0.29, 0.717) is 25.9 Å². The summed E-state index contributed by atoms with van der Waals surface area (Å²) < 4.78 is 0. The Morgan fingerprint density at radius 2 is 1.75 bits per heavy atom. The molecule has 2 rings (SSSR count). The Labute approximate surface area is 142 Å². The molecule has 0 bridgehead atoms. The predicted molar refractivity (Wildman–Crippen MR) is 91.8 cm³/mol. The zero-order chi connectivity index (χ0) is 17.7. The summed E-state index contributed by atoms with van der Waals surface area (Å²) in [6.45, 7) is 4.74. The second kappa shape index (κ2) is 7.43. The van der Waals surface area contributed by atoms with Crippen molar-refractivity contribution in [2.24, 2.45) is 11.1 Å². The molecule has 0 saturated heterocycles. The Morgan fingerprint density at radius 3 is 2.29 bits per heavy atom. The van der Waals surface area contributed by atoms with Gasteiger partial charge in [-0.1, -0.05) is 44.2 Å². The lowest BCUT2D eigenvalue weighted by Gasteiger charge is -2.30. The maximum atomic E-state index is 12.3. The van der Waals surface area contributed by atoms with Gasteiger partial charge in [0.15, 0.2) is 11.6 Å². The lowest BCUT2D eigenvalue weighted by Crippen LogP contribution is -2.33. The monoisotopic (exact) mass is 328 g/mol. The Bertz CT molecular complexity index is 640. The molecule has 0 aromatic heterocycles. The summed E-state index contributed by atoms with van der Waals surface area (Å²) in [6.07, 6.45) is 2.50. The maximum absolute atomic E-state index is 12.3. The van der Waals surface area contributed by atoms with Gasteiger partial charge >= 0.3 is 0 Å². The van der Waals surface area contributed by atoms with Crippen molar-refractivity contribution in [1.82, 2.24) is 4.90 Å². The van der Waals surface area contributed by atoms with E-state index in [2.05, 4.69) is 0 Å². The van der Waals surface area contributed by atoms with Crippen molar-refractivity contribution in [3.05, 3.63) is 47.7 Å². The van der Waals surface area contributed by atoms with Gasteiger partial charge < -0.3 is 10.6 Å². The first kappa shape index (κ1) is 17.9. The lowest BCUT2D eigenvalue weighted by molar-refractivity contribution is -0.127. The highest BCUT2D eigenvalue weighted by molar-refractivity contribution is 6.22. The highest BCUT2D eigenvalue weighted by atomic mass is 16.2. The van der Waals surface area contributed by atoms with Crippen LogP contribution in [0.25, 0.3) is 0 Å². The second-order valence-corrected chi connectivity index (χ2v) is 7.08. The van der Waals surface area contributed by atoms with Gasteiger partial charge in [0.2, 0.25) is 5.91 Å². The van der Waals surface area contributed by atoms with Crippen LogP contribution >= 0.6 is 0 Å². The molecule has 0 spiro atoms. The number of carbonyl (C=O) groups is 3. The van der Waals surface area contributed by atoms with E-state index < -0.39 is 5.91 Å². The number of nitrogens with zero attached hydrogens (tertiary/aromatic N) is 1. The molecule has 0 aliphatic heterocycles. The van der Waals surface area contributed by atoms with Crippen LogP contribution in [-0.4, -0.2) is 28.9 Å². The van der Waals surface area contributed by atoms with Crippen LogP contribution < -0.4 is 5.73 Å². The van der Waals surface area contributed by atoms with Gasteiger partial charge in [-0.2, -0.15) is 0 Å². The fraction of sp³-hybridized carbons (Fsp3) is 0.421. The van der Waals surface area contributed by atoms with Crippen molar-refractivity contribution in [1.29, 1.82) is 0 Å². The van der Waals surface area contributed by atoms with Crippen LogP contribution in [0.5, 0.6) is 0 Å². The molecule has 128 valence electrons. The summed E-state index contributed by atoms with van der Waals surface area (Å²) in [6, 6.07) is 9.70. The van der Waals surface area contributed by atoms with Crippen LogP contribution in [0.3, 0.4) is 0 Å². The van der Waals surface area contributed by atoms with Gasteiger partial charge in [0.05, 0.1) is 5.57 Å². The number of rotatable bonds is 6. The molecule has 5 heteroatoms. The number of nitrogens with two attached hydrogens (primary N) is 1. The number of hydrogen-bond donors (Lipinski definition) is 1. The van der Waals surface area contributed by atoms with Crippen molar-refractivity contribution in [2.45, 2.75) is 39.7 Å². The Hall–Kier alpha value is -2.43. The lowest BCUT2D eigenvalue weighted by atomic mass is 9.74. The number of primary amides is 1. The average molecular weight is 328 g/mol. The largest absolute Gasteiger partial charge is 0.372 e. The van der Waals surface area contributed by atoms with Gasteiger partial charge in [-0.05, 0) is 11.0 Å². The molecule has 0 radical (unpaired) electrons. The summed E-state index contributed by atoms with van der Waals surface area (Å²) >= 11 is 0. The molecule has 0 atom stereocenters. The molecule has 0 unspecified atom stereocenters. The normalized spacial score (nSPS) is 16.8. The Balaban J connectivity index is 2.21. The molecule has 1 aromatic carbocycles. The molecule has 5 nitrogen and oxygen atoms in total. The molecular weight excluding hydrogens is 304 g/mol. The van der Waals surface area contributed by atoms with Crippen molar-refractivity contribution < 1.29 is 14.4 Å². The first-order valence-corrected chi connectivity index (χ1v) is 8.11. The standard InChI is InChI=1S/C19H24N2O3/c1-19(2)10-16(22)15(17(23)11-19)13-21(9-8-18(20)24)12-14-6-4-3-5-7-14/h3-7,13H,8-12H2,1-2H3,(H2,20,24). The van der Waals surface area contributed by atoms with Crippen molar-refractivity contribution in [3.8, 4) is 0 Å². The van der Waals surface area contributed by atoms with Crippen LogP contribution in [0.4, 0.5) is 0 Å². The second-order valence-electron chi connectivity index (χ2n) is 7.08. The van der Waals surface area contributed by atoms with Crippen LogP contribution in [0.1, 0.15) is 38.7 Å². The van der Waals surface area contributed by atoms with Gasteiger partial charge in [-0.25, -0.2) is 0 Å². The number of Topliss-reactive ketones (excluding diaryl/α,β-unsaturated/α-hetero) is 2. The quantitative estimate of drug-likeness (QED) is 0.641. The number of amides is 1. The minimum Gasteiger partial charge on any atom is -0.372 e. The van der Waals surface area contributed by atoms with Gasteiger partial charge in [-0.15, -0.1) is 0 Å². The van der Waals surface area contributed by atoms with E-state index in [0.717, 1.165) is 5.56 Å². The number of allylic oxidation sites excluding steroid dienone is 1. The summed E-state index contributed by atoms with van der Waals surface area (Å²) in [5.74, 6) is -0.671. The Morgan fingerprint density at radius 1 is 1.17 bits per heavy atom. The van der Waals surface area contributed by atoms with Gasteiger partial charge in [0.25, 0.3) is 0 Å². The van der Waals surface area contributed by atoms with Gasteiger partial charge in [0.1, 0.15) is 0 Å². The van der Waals surface area contributed by atoms with Crippen LogP contribution in [0, 0.1) is 5.41 Å². The highest BCUT2D eigenvalue weighted by Gasteiger charge is 2.35. The first-order valence-electron chi connectivity index (χ1n) is 8.11. The van der Waals surface area contributed by atoms with Gasteiger partial charge in [-0.3, -0.25) is 14.4 Å². The topological polar surface area (TPSA) is 80.5 Å². The fourth-order valence-electron chi connectivity index (χ4n) is 2.87. The number of carbonyl (C=O) groups excluding carboxylic acids is 3. The maximum Gasteiger partial charge on any atom is 0.219 e. The van der Waals surface area contributed by atoms with Crippen LogP contribution in [-0.2, 0) is 20.9 Å². The molecular formula is C19H24N2O3. The SMILES string of the molecule is CC1(C)CC(=O)C(=CN(CCC(N)=O)Cc2ccccc2)C(=O)C1. The third-order valence-electron chi connectivity index (χ3n) is 4.06. The molecule has 1 fully saturated rings. The zero-order valence-electron chi connectivity index (χ0n) is 14.2. The molecule has 24 heavy (non-hydrogen) atoms. The molecule has 2 N–H and O–H groups in total. The summed E-state index contributed by atoms with van der Waals surface area (Å²) in [5, 5.41) is 0. The van der Waals surface area contributed by atoms with Crippen molar-refractivity contribution in [3.63, 3.8) is 0 Å². The first-order chi connectivity index (χ1) is 11.3. The third kappa shape index (κ3) is 5.05. The molecule has 1 aliphatic rings. The van der Waals surface area contributed by atoms with E-state index in [4.69, 9.17) is 5.73 Å². The summed E-state index contributed by atoms with van der Waals surface area (Å²) in [7, 11) is 0. The molecule has 1 aromatic rings. The van der Waals surface area contributed by atoms with E-state index in [1.165, 1.54) is 0 Å². The fourth-order valence-corrected chi connectivity index (χ4v) is 2.87. The van der Waals surface area contributed by atoms with Gasteiger partial charge in [0, 0.05) is 38.6 Å². The van der Waals surface area contributed by atoms with E-state index in [1.807, 2.05) is 49.1 Å². The molecule has 1 amide bonds. The minimum atomic E-state index is -0.408. The Kier molecular flexibility index (Phi) is 5.54. The van der Waals surface area contributed by atoms with Crippen LogP contribution in [0.15, 0.2) is 42.1 Å². The number of hydrogen-bond acceptors (Lipinski definition) is 4. The van der Waals surface area contributed by atoms with E-state index >= 15 is 0 Å². The number of benzene rings is 1. The molecule has 1 saturated carbocycles. The smallest absolute Gasteiger partial charge is 0.219 e. The predicted octanol–water partition coefficient (Wildman–Crippen LogP) is 2.21. The van der Waals surface area contributed by atoms with E-state index in [1.54, 1.807) is 6.20 Å². The van der Waals surface area contributed by atoms with Crippen molar-refractivity contribution >= 4 is 17.5 Å².